The van der Waals surface area contributed by atoms with Crippen LogP contribution in [0.4, 0.5) is 0 Å². The zero-order chi connectivity index (χ0) is 13.2. The average molecular weight is 247 g/mol. The molecule has 0 spiro atoms. The molecule has 2 nitrogen and oxygen atoms in total. The number of benzene rings is 1. The number of ether oxygens (including phenoxy) is 1. The monoisotopic (exact) mass is 247 g/mol. The van der Waals surface area contributed by atoms with Crippen LogP contribution in [0.5, 0.6) is 5.75 Å². The van der Waals surface area contributed by atoms with Crippen molar-refractivity contribution in [2.75, 3.05) is 13.7 Å². The van der Waals surface area contributed by atoms with Gasteiger partial charge in [-0.3, -0.25) is 0 Å². The van der Waals surface area contributed by atoms with Crippen LogP contribution < -0.4 is 10.1 Å². The second-order valence-electron chi connectivity index (χ2n) is 6.47. The fourth-order valence-corrected chi connectivity index (χ4v) is 2.56. The van der Waals surface area contributed by atoms with E-state index in [2.05, 4.69) is 44.3 Å². The molecule has 1 aromatic rings. The highest BCUT2D eigenvalue weighted by Crippen LogP contribution is 2.44. The normalized spacial score (nSPS) is 18.2. The fraction of sp³-hybridized carbons (Fsp3) is 0.625. The largest absolute Gasteiger partial charge is 0.497 e. The van der Waals surface area contributed by atoms with E-state index in [9.17, 15) is 0 Å². The van der Waals surface area contributed by atoms with Crippen LogP contribution in [0.3, 0.4) is 0 Å². The number of nitrogens with one attached hydrogen (secondary N) is 1. The van der Waals surface area contributed by atoms with E-state index in [1.807, 2.05) is 6.07 Å². The molecular weight excluding hydrogens is 222 g/mol. The van der Waals surface area contributed by atoms with Gasteiger partial charge in [0, 0.05) is 17.5 Å². The van der Waals surface area contributed by atoms with Gasteiger partial charge in [0.05, 0.1) is 7.11 Å². The third-order valence-corrected chi connectivity index (χ3v) is 3.95. The topological polar surface area (TPSA) is 21.3 Å². The van der Waals surface area contributed by atoms with Crippen molar-refractivity contribution < 1.29 is 4.74 Å². The molecule has 0 radical (unpaired) electrons. The summed E-state index contributed by atoms with van der Waals surface area (Å²) in [6.07, 6.45) is 3.90. The van der Waals surface area contributed by atoms with Crippen molar-refractivity contribution in [3.63, 3.8) is 0 Å². The highest BCUT2D eigenvalue weighted by atomic mass is 16.5. The molecule has 2 rings (SSSR count). The second-order valence-corrected chi connectivity index (χ2v) is 6.47. The third-order valence-electron chi connectivity index (χ3n) is 3.95. The van der Waals surface area contributed by atoms with E-state index in [0.29, 0.717) is 5.41 Å². The van der Waals surface area contributed by atoms with E-state index in [0.717, 1.165) is 12.3 Å². The van der Waals surface area contributed by atoms with Crippen molar-refractivity contribution in [1.82, 2.24) is 5.32 Å². The molecule has 1 aromatic carbocycles. The maximum atomic E-state index is 5.34. The van der Waals surface area contributed by atoms with E-state index in [1.54, 1.807) is 7.11 Å². The second kappa shape index (κ2) is 4.93. The Morgan fingerprint density at radius 2 is 2.00 bits per heavy atom. The summed E-state index contributed by atoms with van der Waals surface area (Å²) in [6, 6.07) is 8.56. The minimum Gasteiger partial charge on any atom is -0.497 e. The average Bonchev–Trinajstić information content (AvgIpc) is 2.26. The van der Waals surface area contributed by atoms with Crippen LogP contribution in [-0.4, -0.2) is 19.2 Å². The Bertz CT molecular complexity index is 402. The van der Waals surface area contributed by atoms with Crippen LogP contribution in [0.15, 0.2) is 24.3 Å². The fourth-order valence-electron chi connectivity index (χ4n) is 2.56. The number of rotatable bonds is 4. The van der Waals surface area contributed by atoms with Gasteiger partial charge in [0.1, 0.15) is 5.75 Å². The molecule has 0 bridgehead atoms. The van der Waals surface area contributed by atoms with Gasteiger partial charge in [-0.25, -0.2) is 0 Å². The maximum Gasteiger partial charge on any atom is 0.119 e. The van der Waals surface area contributed by atoms with Crippen LogP contribution in [0.25, 0.3) is 0 Å². The Kier molecular flexibility index (Phi) is 3.67. The van der Waals surface area contributed by atoms with E-state index < -0.39 is 0 Å². The molecule has 0 saturated heterocycles. The quantitative estimate of drug-likeness (QED) is 0.879. The molecule has 0 heterocycles. The van der Waals surface area contributed by atoms with Gasteiger partial charge in [0.15, 0.2) is 0 Å². The van der Waals surface area contributed by atoms with Crippen molar-refractivity contribution in [1.29, 1.82) is 0 Å². The summed E-state index contributed by atoms with van der Waals surface area (Å²) >= 11 is 0. The molecule has 1 fully saturated rings. The molecule has 0 aliphatic heterocycles. The Labute approximate surface area is 111 Å². The molecule has 100 valence electrons. The molecule has 1 saturated carbocycles. The molecule has 0 atom stereocenters. The van der Waals surface area contributed by atoms with E-state index in [1.165, 1.54) is 24.8 Å². The lowest BCUT2D eigenvalue weighted by Crippen LogP contribution is -2.49. The van der Waals surface area contributed by atoms with Crippen molar-refractivity contribution in [2.45, 2.75) is 51.0 Å². The van der Waals surface area contributed by atoms with Gasteiger partial charge in [0.25, 0.3) is 0 Å². The molecule has 1 aliphatic rings. The van der Waals surface area contributed by atoms with Gasteiger partial charge < -0.3 is 10.1 Å². The zero-order valence-electron chi connectivity index (χ0n) is 12.0. The first-order chi connectivity index (χ1) is 8.45. The predicted octanol–water partition coefficient (Wildman–Crippen LogP) is 3.51. The van der Waals surface area contributed by atoms with Crippen molar-refractivity contribution >= 4 is 0 Å². The Morgan fingerprint density at radius 3 is 2.50 bits per heavy atom. The Balaban J connectivity index is 2.16. The van der Waals surface area contributed by atoms with Gasteiger partial charge in [-0.1, -0.05) is 18.6 Å². The molecule has 0 aromatic heterocycles. The summed E-state index contributed by atoms with van der Waals surface area (Å²) in [5, 5.41) is 3.66. The third kappa shape index (κ3) is 2.86. The standard InChI is InChI=1S/C16H25NO/c1-15(2,3)17-12-16(9-6-10-16)13-7-5-8-14(11-13)18-4/h5,7-8,11,17H,6,9-10,12H2,1-4H3. The summed E-state index contributed by atoms with van der Waals surface area (Å²) < 4.78 is 5.34. The molecule has 1 N–H and O–H groups in total. The van der Waals surface area contributed by atoms with E-state index in [4.69, 9.17) is 4.74 Å². The highest BCUT2D eigenvalue weighted by molar-refractivity contribution is 5.36. The van der Waals surface area contributed by atoms with Crippen LogP contribution in [0, 0.1) is 0 Å². The SMILES string of the molecule is COc1cccc(C2(CNC(C)(C)C)CCC2)c1. The lowest BCUT2D eigenvalue weighted by molar-refractivity contribution is 0.212. The van der Waals surface area contributed by atoms with E-state index in [-0.39, 0.29) is 5.54 Å². The van der Waals surface area contributed by atoms with Gasteiger partial charge in [0.2, 0.25) is 0 Å². The Hall–Kier alpha value is -1.02. The number of hydrogen-bond donors (Lipinski definition) is 1. The first-order valence-electron chi connectivity index (χ1n) is 6.85. The van der Waals surface area contributed by atoms with Gasteiger partial charge in [-0.05, 0) is 51.3 Å². The van der Waals surface area contributed by atoms with Crippen molar-refractivity contribution in [3.05, 3.63) is 29.8 Å². The Morgan fingerprint density at radius 1 is 1.28 bits per heavy atom. The van der Waals surface area contributed by atoms with Crippen LogP contribution >= 0.6 is 0 Å². The predicted molar refractivity (Wildman–Crippen MR) is 76.3 cm³/mol. The first kappa shape index (κ1) is 13.4. The zero-order valence-corrected chi connectivity index (χ0v) is 12.0. The van der Waals surface area contributed by atoms with Crippen molar-refractivity contribution in [2.24, 2.45) is 0 Å². The molecule has 1 aliphatic carbocycles. The van der Waals surface area contributed by atoms with Crippen LogP contribution in [0.2, 0.25) is 0 Å². The van der Waals surface area contributed by atoms with Crippen LogP contribution in [-0.2, 0) is 5.41 Å². The summed E-state index contributed by atoms with van der Waals surface area (Å²) in [5.41, 5.74) is 1.92. The smallest absolute Gasteiger partial charge is 0.119 e. The molecule has 0 unspecified atom stereocenters. The minimum atomic E-state index is 0.182. The van der Waals surface area contributed by atoms with Gasteiger partial charge >= 0.3 is 0 Å². The maximum absolute atomic E-state index is 5.34. The highest BCUT2D eigenvalue weighted by Gasteiger charge is 2.39. The molecule has 0 amide bonds. The minimum absolute atomic E-state index is 0.182. The summed E-state index contributed by atoms with van der Waals surface area (Å²) in [5.74, 6) is 0.967. The number of methoxy groups -OCH3 is 1. The van der Waals surface area contributed by atoms with E-state index >= 15 is 0 Å². The summed E-state index contributed by atoms with van der Waals surface area (Å²) in [6.45, 7) is 7.74. The van der Waals surface area contributed by atoms with Gasteiger partial charge in [-0.15, -0.1) is 0 Å². The van der Waals surface area contributed by atoms with Crippen LogP contribution in [0.1, 0.15) is 45.6 Å². The molecule has 2 heteroatoms. The lowest BCUT2D eigenvalue weighted by Gasteiger charge is -2.44. The molecule has 18 heavy (non-hydrogen) atoms. The molecular formula is C16H25NO. The summed E-state index contributed by atoms with van der Waals surface area (Å²) in [7, 11) is 1.74. The first-order valence-corrected chi connectivity index (χ1v) is 6.85. The number of hydrogen-bond acceptors (Lipinski definition) is 2. The van der Waals surface area contributed by atoms with Gasteiger partial charge in [-0.2, -0.15) is 0 Å². The lowest BCUT2D eigenvalue weighted by atomic mass is 9.64. The summed E-state index contributed by atoms with van der Waals surface area (Å²) in [4.78, 5) is 0. The van der Waals surface area contributed by atoms with Crippen molar-refractivity contribution in [3.8, 4) is 5.75 Å².